The second-order valence-electron chi connectivity index (χ2n) is 7.12. The average molecular weight is 427 g/mol. The third-order valence-corrected chi connectivity index (χ3v) is 4.67. The number of benzene rings is 1. The van der Waals surface area contributed by atoms with Crippen molar-refractivity contribution >= 4 is 11.7 Å². The molecular formula is C21H28F3N3O3. The highest BCUT2D eigenvalue weighted by Gasteiger charge is 2.36. The molecule has 2 aromatic rings. The van der Waals surface area contributed by atoms with Crippen LogP contribution in [-0.2, 0) is 11.3 Å². The Kier molecular flexibility index (Phi) is 7.39. The zero-order valence-electron chi connectivity index (χ0n) is 18.1. The second kappa shape index (κ2) is 9.40. The van der Waals surface area contributed by atoms with Crippen molar-refractivity contribution in [2.45, 2.75) is 59.3 Å². The minimum atomic E-state index is -4.37. The minimum Gasteiger partial charge on any atom is -0.496 e. The molecule has 1 unspecified atom stereocenters. The third-order valence-electron chi connectivity index (χ3n) is 4.67. The highest BCUT2D eigenvalue weighted by atomic mass is 19.4. The van der Waals surface area contributed by atoms with E-state index in [4.69, 9.17) is 9.47 Å². The number of nitrogens with zero attached hydrogens (tertiary/aromatic N) is 2. The molecule has 0 saturated heterocycles. The Hall–Kier alpha value is -2.71. The first-order valence-electron chi connectivity index (χ1n) is 9.84. The number of carbonyl (C=O) groups excluding carboxylic acids is 1. The van der Waals surface area contributed by atoms with Gasteiger partial charge in [0.05, 0.1) is 19.4 Å². The van der Waals surface area contributed by atoms with E-state index >= 15 is 0 Å². The quantitative estimate of drug-likeness (QED) is 0.584. The first-order chi connectivity index (χ1) is 14.0. The molecule has 6 nitrogen and oxygen atoms in total. The number of hydrogen-bond acceptors (Lipinski definition) is 5. The van der Waals surface area contributed by atoms with Crippen LogP contribution in [0.3, 0.4) is 0 Å². The summed E-state index contributed by atoms with van der Waals surface area (Å²) < 4.78 is 51.0. The average Bonchev–Trinajstić information content (AvgIpc) is 3.07. The molecular weight excluding hydrogens is 399 g/mol. The Morgan fingerprint density at radius 2 is 1.90 bits per heavy atom. The van der Waals surface area contributed by atoms with Crippen LogP contribution in [0.4, 0.5) is 18.9 Å². The first-order valence-corrected chi connectivity index (χ1v) is 9.84. The molecule has 0 fully saturated rings. The van der Waals surface area contributed by atoms with E-state index in [0.717, 1.165) is 6.92 Å². The summed E-state index contributed by atoms with van der Waals surface area (Å²) in [5.74, 6) is -0.181. The lowest BCUT2D eigenvalue weighted by atomic mass is 9.95. The maximum Gasteiger partial charge on any atom is 0.408 e. The predicted molar refractivity (Wildman–Crippen MR) is 109 cm³/mol. The van der Waals surface area contributed by atoms with E-state index in [1.807, 2.05) is 20.8 Å². The number of rotatable bonds is 8. The third kappa shape index (κ3) is 4.88. The van der Waals surface area contributed by atoms with Crippen LogP contribution in [0.5, 0.6) is 5.75 Å². The summed E-state index contributed by atoms with van der Waals surface area (Å²) in [6, 6.07) is 3.03. The van der Waals surface area contributed by atoms with Gasteiger partial charge in [-0.3, -0.25) is 4.68 Å². The molecule has 0 aliphatic rings. The van der Waals surface area contributed by atoms with E-state index in [-0.39, 0.29) is 23.9 Å². The van der Waals surface area contributed by atoms with Crippen molar-refractivity contribution in [3.8, 4) is 17.0 Å². The number of carbonyl (C=O) groups is 1. The lowest BCUT2D eigenvalue weighted by molar-refractivity contribution is -0.138. The number of nitrogens with one attached hydrogen (secondary N) is 1. The molecule has 9 heteroatoms. The Morgan fingerprint density at radius 1 is 1.23 bits per heavy atom. The van der Waals surface area contributed by atoms with Crippen molar-refractivity contribution in [2.75, 3.05) is 19.0 Å². The van der Waals surface area contributed by atoms with Crippen molar-refractivity contribution in [3.05, 3.63) is 29.5 Å². The molecule has 0 bridgehead atoms. The van der Waals surface area contributed by atoms with Gasteiger partial charge in [-0.2, -0.15) is 18.3 Å². The Labute approximate surface area is 174 Å². The van der Waals surface area contributed by atoms with Crippen molar-refractivity contribution < 1.29 is 27.4 Å². The van der Waals surface area contributed by atoms with E-state index in [2.05, 4.69) is 10.4 Å². The van der Waals surface area contributed by atoms with Crippen LogP contribution in [0.2, 0.25) is 0 Å². The molecule has 2 rings (SSSR count). The van der Waals surface area contributed by atoms with Gasteiger partial charge in [-0.25, -0.2) is 4.79 Å². The largest absolute Gasteiger partial charge is 0.496 e. The number of alkyl halides is 3. The number of methoxy groups -OCH3 is 1. The van der Waals surface area contributed by atoms with Gasteiger partial charge in [0, 0.05) is 29.4 Å². The van der Waals surface area contributed by atoms with Gasteiger partial charge >= 0.3 is 12.1 Å². The molecule has 30 heavy (non-hydrogen) atoms. The van der Waals surface area contributed by atoms with E-state index in [9.17, 15) is 18.0 Å². The number of hydrogen-bond donors (Lipinski definition) is 1. The molecule has 0 aliphatic carbocycles. The van der Waals surface area contributed by atoms with Crippen molar-refractivity contribution in [2.24, 2.45) is 0 Å². The second-order valence-corrected chi connectivity index (χ2v) is 7.12. The summed E-state index contributed by atoms with van der Waals surface area (Å²) in [6.07, 6.45) is -4.37. The Balaban J connectivity index is 2.61. The van der Waals surface area contributed by atoms with Crippen LogP contribution >= 0.6 is 0 Å². The van der Waals surface area contributed by atoms with Gasteiger partial charge in [-0.05, 0) is 38.8 Å². The minimum absolute atomic E-state index is 0.0486. The highest BCUT2D eigenvalue weighted by Crippen LogP contribution is 2.39. The fourth-order valence-corrected chi connectivity index (χ4v) is 3.19. The number of aromatic nitrogens is 2. The normalized spacial score (nSPS) is 12.7. The molecule has 1 heterocycles. The van der Waals surface area contributed by atoms with Crippen molar-refractivity contribution in [1.29, 1.82) is 0 Å². The maximum absolute atomic E-state index is 12.9. The number of halogens is 3. The van der Waals surface area contributed by atoms with Crippen LogP contribution in [0, 0.1) is 0 Å². The monoisotopic (exact) mass is 427 g/mol. The molecule has 1 aromatic heterocycles. The van der Waals surface area contributed by atoms with E-state index in [1.54, 1.807) is 23.7 Å². The predicted octanol–water partition coefficient (Wildman–Crippen LogP) is 5.24. The van der Waals surface area contributed by atoms with Crippen LogP contribution in [0.15, 0.2) is 18.2 Å². The topological polar surface area (TPSA) is 65.4 Å². The lowest BCUT2D eigenvalue weighted by Crippen LogP contribution is -2.33. The number of esters is 1. The van der Waals surface area contributed by atoms with Gasteiger partial charge in [0.2, 0.25) is 0 Å². The standard InChI is InChI=1S/C21H28F3N3O3/c1-7-27-19(17(12(3)4)18(26-27)20(28)30-8-2)15-10-9-14(11-16(15)29-6)25-13(5)21(22,23)24/h9-13,25H,7-8H2,1-6H3. The van der Waals surface area contributed by atoms with Gasteiger partial charge in [0.1, 0.15) is 11.8 Å². The smallest absolute Gasteiger partial charge is 0.408 e. The maximum atomic E-state index is 12.9. The van der Waals surface area contributed by atoms with Crippen molar-refractivity contribution in [3.63, 3.8) is 0 Å². The fraction of sp³-hybridized carbons (Fsp3) is 0.524. The summed E-state index contributed by atoms with van der Waals surface area (Å²) in [7, 11) is 1.45. The van der Waals surface area contributed by atoms with E-state index in [1.165, 1.54) is 13.2 Å². The summed E-state index contributed by atoms with van der Waals surface area (Å²) in [5.41, 5.74) is 2.54. The van der Waals surface area contributed by atoms with E-state index in [0.29, 0.717) is 29.1 Å². The van der Waals surface area contributed by atoms with Crippen LogP contribution in [-0.4, -0.2) is 41.7 Å². The summed E-state index contributed by atoms with van der Waals surface area (Å²) in [6.45, 7) is 9.27. The zero-order valence-corrected chi connectivity index (χ0v) is 18.1. The molecule has 1 aromatic carbocycles. The van der Waals surface area contributed by atoms with Crippen LogP contribution in [0.1, 0.15) is 56.6 Å². The number of ether oxygens (including phenoxy) is 2. The van der Waals surface area contributed by atoms with Gasteiger partial charge in [0.25, 0.3) is 0 Å². The molecule has 166 valence electrons. The Morgan fingerprint density at radius 3 is 2.40 bits per heavy atom. The highest BCUT2D eigenvalue weighted by molar-refractivity contribution is 5.92. The molecule has 1 N–H and O–H groups in total. The van der Waals surface area contributed by atoms with Gasteiger partial charge in [0.15, 0.2) is 5.69 Å². The zero-order chi connectivity index (χ0) is 22.6. The molecule has 0 amide bonds. The van der Waals surface area contributed by atoms with Gasteiger partial charge in [-0.15, -0.1) is 0 Å². The Bertz CT molecular complexity index is 892. The van der Waals surface area contributed by atoms with Crippen LogP contribution < -0.4 is 10.1 Å². The first kappa shape index (κ1) is 23.6. The molecule has 0 saturated carbocycles. The molecule has 0 spiro atoms. The lowest BCUT2D eigenvalue weighted by Gasteiger charge is -2.20. The summed E-state index contributed by atoms with van der Waals surface area (Å²) >= 11 is 0. The molecule has 0 aliphatic heterocycles. The van der Waals surface area contributed by atoms with Crippen molar-refractivity contribution in [1.82, 2.24) is 9.78 Å². The number of anilines is 1. The van der Waals surface area contributed by atoms with Gasteiger partial charge in [-0.1, -0.05) is 13.8 Å². The van der Waals surface area contributed by atoms with Crippen LogP contribution in [0.25, 0.3) is 11.3 Å². The fourth-order valence-electron chi connectivity index (χ4n) is 3.19. The summed E-state index contributed by atoms with van der Waals surface area (Å²) in [5, 5.41) is 6.89. The number of aryl methyl sites for hydroxylation is 1. The summed E-state index contributed by atoms with van der Waals surface area (Å²) in [4.78, 5) is 12.5. The molecule has 1 atom stereocenters. The van der Waals surface area contributed by atoms with Gasteiger partial charge < -0.3 is 14.8 Å². The molecule has 0 radical (unpaired) electrons. The van der Waals surface area contributed by atoms with E-state index < -0.39 is 18.2 Å². The SMILES string of the molecule is CCOC(=O)c1nn(CC)c(-c2ccc(NC(C)C(F)(F)F)cc2OC)c1C(C)C.